The van der Waals surface area contributed by atoms with Gasteiger partial charge < -0.3 is 9.30 Å². The molecule has 2 aromatic heterocycles. The Kier molecular flexibility index (Phi) is 3.50. The van der Waals surface area contributed by atoms with Gasteiger partial charge in [-0.2, -0.15) is 0 Å². The van der Waals surface area contributed by atoms with E-state index in [1.165, 1.54) is 6.42 Å². The molecule has 0 spiro atoms. The van der Waals surface area contributed by atoms with Crippen LogP contribution in [0.15, 0.2) is 18.3 Å². The number of hydrogen-bond acceptors (Lipinski definition) is 3. The first kappa shape index (κ1) is 13.6. The number of pyridine rings is 1. The Labute approximate surface area is 120 Å². The number of hydrogen-bond donors (Lipinski definition) is 0. The molecule has 0 bridgehead atoms. The maximum absolute atomic E-state index is 5.61. The van der Waals surface area contributed by atoms with Crippen molar-refractivity contribution in [1.82, 2.24) is 14.5 Å². The lowest BCUT2D eigenvalue weighted by molar-refractivity contribution is 0.0481. The van der Waals surface area contributed by atoms with Gasteiger partial charge in [-0.25, -0.2) is 9.97 Å². The summed E-state index contributed by atoms with van der Waals surface area (Å²) in [6.07, 6.45) is 4.25. The smallest absolute Gasteiger partial charge is 0.160 e. The second kappa shape index (κ2) is 5.17. The Morgan fingerprint density at radius 1 is 1.40 bits per heavy atom. The molecular formula is C16H23N3O. The predicted octanol–water partition coefficient (Wildman–Crippen LogP) is 3.16. The van der Waals surface area contributed by atoms with Crippen molar-refractivity contribution in [2.24, 2.45) is 5.92 Å². The highest BCUT2D eigenvalue weighted by atomic mass is 16.5. The number of imidazole rings is 1. The van der Waals surface area contributed by atoms with Crippen molar-refractivity contribution in [2.45, 2.75) is 45.6 Å². The van der Waals surface area contributed by atoms with Crippen molar-refractivity contribution in [1.29, 1.82) is 0 Å². The normalized spacial score (nSPS) is 20.4. The van der Waals surface area contributed by atoms with Crippen molar-refractivity contribution in [3.63, 3.8) is 0 Å². The number of rotatable bonds is 2. The third-order valence-corrected chi connectivity index (χ3v) is 3.87. The fourth-order valence-electron chi connectivity index (χ4n) is 2.91. The molecule has 1 aliphatic heterocycles. The summed E-state index contributed by atoms with van der Waals surface area (Å²) >= 11 is 0. The van der Waals surface area contributed by atoms with Crippen LogP contribution in [0.4, 0.5) is 0 Å². The molecule has 3 heterocycles. The summed E-state index contributed by atoms with van der Waals surface area (Å²) in [4.78, 5) is 9.35. The van der Waals surface area contributed by atoms with Gasteiger partial charge in [-0.1, -0.05) is 20.8 Å². The van der Waals surface area contributed by atoms with Gasteiger partial charge in [-0.05, 0) is 25.0 Å². The fourth-order valence-corrected chi connectivity index (χ4v) is 2.91. The van der Waals surface area contributed by atoms with Crippen LogP contribution in [0.25, 0.3) is 11.2 Å². The molecule has 0 N–H and O–H groups in total. The lowest BCUT2D eigenvalue weighted by atomic mass is 9.95. The van der Waals surface area contributed by atoms with Crippen LogP contribution >= 0.6 is 0 Å². The van der Waals surface area contributed by atoms with Crippen LogP contribution in [-0.4, -0.2) is 27.7 Å². The molecule has 20 heavy (non-hydrogen) atoms. The van der Waals surface area contributed by atoms with Gasteiger partial charge in [0.15, 0.2) is 5.65 Å². The first-order valence-corrected chi connectivity index (χ1v) is 7.45. The van der Waals surface area contributed by atoms with E-state index in [1.54, 1.807) is 0 Å². The van der Waals surface area contributed by atoms with Crippen molar-refractivity contribution < 1.29 is 4.74 Å². The molecule has 1 aliphatic rings. The lowest BCUT2D eigenvalue weighted by Crippen LogP contribution is -2.26. The molecule has 0 aromatic carbocycles. The molecule has 0 aliphatic carbocycles. The summed E-state index contributed by atoms with van der Waals surface area (Å²) in [6, 6.07) is 4.00. The monoisotopic (exact) mass is 273 g/mol. The number of ether oxygens (including phenoxy) is 1. The quantitative estimate of drug-likeness (QED) is 0.844. The third kappa shape index (κ3) is 2.57. The first-order valence-electron chi connectivity index (χ1n) is 7.45. The van der Waals surface area contributed by atoms with E-state index < -0.39 is 0 Å². The predicted molar refractivity (Wildman–Crippen MR) is 79.8 cm³/mol. The van der Waals surface area contributed by atoms with Crippen molar-refractivity contribution in [2.75, 3.05) is 13.2 Å². The van der Waals surface area contributed by atoms with Crippen LogP contribution in [-0.2, 0) is 16.7 Å². The highest BCUT2D eigenvalue weighted by molar-refractivity contribution is 5.71. The maximum atomic E-state index is 5.61. The van der Waals surface area contributed by atoms with Crippen LogP contribution in [0.3, 0.4) is 0 Å². The second-order valence-corrected chi connectivity index (χ2v) is 6.73. The van der Waals surface area contributed by atoms with E-state index in [0.717, 1.165) is 43.2 Å². The lowest BCUT2D eigenvalue weighted by Gasteiger charge is -2.26. The molecule has 0 saturated carbocycles. The van der Waals surface area contributed by atoms with Crippen LogP contribution < -0.4 is 0 Å². The number of nitrogens with zero attached hydrogens (tertiary/aromatic N) is 3. The zero-order valence-electron chi connectivity index (χ0n) is 12.6. The van der Waals surface area contributed by atoms with E-state index in [1.807, 2.05) is 18.3 Å². The van der Waals surface area contributed by atoms with E-state index >= 15 is 0 Å². The SMILES string of the molecule is CC(C)(C)c1nc2cccnc2n1CC1CCCOC1. The summed E-state index contributed by atoms with van der Waals surface area (Å²) in [5.41, 5.74) is 2.02. The van der Waals surface area contributed by atoms with Crippen LogP contribution in [0.1, 0.15) is 39.4 Å². The Hall–Kier alpha value is -1.42. The molecule has 1 unspecified atom stereocenters. The molecule has 0 radical (unpaired) electrons. The van der Waals surface area contributed by atoms with Gasteiger partial charge >= 0.3 is 0 Å². The van der Waals surface area contributed by atoms with Gasteiger partial charge in [-0.15, -0.1) is 0 Å². The molecule has 108 valence electrons. The number of fused-ring (bicyclic) bond motifs is 1. The van der Waals surface area contributed by atoms with Gasteiger partial charge in [0.2, 0.25) is 0 Å². The van der Waals surface area contributed by atoms with Crippen LogP contribution in [0.5, 0.6) is 0 Å². The van der Waals surface area contributed by atoms with E-state index in [4.69, 9.17) is 9.72 Å². The van der Waals surface area contributed by atoms with Gasteiger partial charge in [0, 0.05) is 30.7 Å². The largest absolute Gasteiger partial charge is 0.381 e. The standard InChI is InChI=1S/C16H23N3O/c1-16(2,3)15-18-13-7-4-8-17-14(13)19(15)10-12-6-5-9-20-11-12/h4,7-8,12H,5-6,9-11H2,1-3H3. The van der Waals surface area contributed by atoms with E-state index in [0.29, 0.717) is 5.92 Å². The average molecular weight is 273 g/mol. The number of aromatic nitrogens is 3. The molecule has 2 aromatic rings. The molecule has 0 amide bonds. The summed E-state index contributed by atoms with van der Waals surface area (Å²) in [5.74, 6) is 1.70. The summed E-state index contributed by atoms with van der Waals surface area (Å²) in [7, 11) is 0. The van der Waals surface area contributed by atoms with Crippen molar-refractivity contribution in [3.8, 4) is 0 Å². The zero-order chi connectivity index (χ0) is 14.2. The fraction of sp³-hybridized carbons (Fsp3) is 0.625. The van der Waals surface area contributed by atoms with E-state index in [2.05, 4.69) is 30.3 Å². The van der Waals surface area contributed by atoms with Crippen molar-refractivity contribution >= 4 is 11.2 Å². The molecule has 1 saturated heterocycles. The molecule has 1 atom stereocenters. The third-order valence-electron chi connectivity index (χ3n) is 3.87. The Balaban J connectivity index is 2.01. The minimum Gasteiger partial charge on any atom is -0.381 e. The Morgan fingerprint density at radius 2 is 2.25 bits per heavy atom. The molecular weight excluding hydrogens is 250 g/mol. The highest BCUT2D eigenvalue weighted by Gasteiger charge is 2.25. The van der Waals surface area contributed by atoms with E-state index in [-0.39, 0.29) is 5.41 Å². The van der Waals surface area contributed by atoms with E-state index in [9.17, 15) is 0 Å². The summed E-state index contributed by atoms with van der Waals surface area (Å²) < 4.78 is 7.91. The minimum atomic E-state index is 0.0240. The molecule has 3 rings (SSSR count). The molecule has 1 fully saturated rings. The maximum Gasteiger partial charge on any atom is 0.160 e. The average Bonchev–Trinajstić information content (AvgIpc) is 2.79. The highest BCUT2D eigenvalue weighted by Crippen LogP contribution is 2.27. The first-order chi connectivity index (χ1) is 9.55. The molecule has 4 nitrogen and oxygen atoms in total. The molecule has 4 heteroatoms. The van der Waals surface area contributed by atoms with Gasteiger partial charge in [0.25, 0.3) is 0 Å². The summed E-state index contributed by atoms with van der Waals surface area (Å²) in [5, 5.41) is 0. The van der Waals surface area contributed by atoms with Crippen molar-refractivity contribution in [3.05, 3.63) is 24.2 Å². The van der Waals surface area contributed by atoms with Gasteiger partial charge in [0.1, 0.15) is 11.3 Å². The Morgan fingerprint density at radius 3 is 2.95 bits per heavy atom. The topological polar surface area (TPSA) is 39.9 Å². The Bertz CT molecular complexity index is 591. The second-order valence-electron chi connectivity index (χ2n) is 6.73. The minimum absolute atomic E-state index is 0.0240. The van der Waals surface area contributed by atoms with Crippen LogP contribution in [0, 0.1) is 5.92 Å². The summed E-state index contributed by atoms with van der Waals surface area (Å²) in [6.45, 7) is 9.36. The zero-order valence-corrected chi connectivity index (χ0v) is 12.6. The van der Waals surface area contributed by atoms with Gasteiger partial charge in [0.05, 0.1) is 6.61 Å². The van der Waals surface area contributed by atoms with Gasteiger partial charge in [-0.3, -0.25) is 0 Å². The van der Waals surface area contributed by atoms with Crippen LogP contribution in [0.2, 0.25) is 0 Å².